The Bertz CT molecular complexity index is 353. The molecule has 1 aromatic rings. The quantitative estimate of drug-likeness (QED) is 0.663. The Kier molecular flexibility index (Phi) is 1.60. The number of hydrogen-bond acceptors (Lipinski definition) is 2. The number of pyridine rings is 1. The first-order chi connectivity index (χ1) is 6.84. The lowest BCUT2D eigenvalue weighted by atomic mass is 10.2. The lowest BCUT2D eigenvalue weighted by Crippen LogP contribution is -2.30. The molecule has 1 aliphatic heterocycles. The van der Waals surface area contributed by atoms with E-state index >= 15 is 0 Å². The first-order valence-electron chi connectivity index (χ1n) is 5.04. The van der Waals surface area contributed by atoms with Gasteiger partial charge in [-0.2, -0.15) is 0 Å². The zero-order chi connectivity index (χ0) is 9.54. The molecule has 14 heavy (non-hydrogen) atoms. The Balaban J connectivity index is 1.77. The minimum atomic E-state index is 0.144. The first-order valence-corrected chi connectivity index (χ1v) is 5.04. The SMILES string of the molecule is O=C(c1cccnc1)N1CC2CC2C1. The first kappa shape index (κ1) is 7.97. The average Bonchev–Trinajstić information content (AvgIpc) is 2.86. The molecule has 0 N–H and O–H groups in total. The number of rotatable bonds is 1. The molecule has 2 unspecified atom stereocenters. The van der Waals surface area contributed by atoms with Crippen molar-refractivity contribution in [2.24, 2.45) is 11.8 Å². The van der Waals surface area contributed by atoms with Crippen LogP contribution in [-0.2, 0) is 0 Å². The number of aromatic nitrogens is 1. The van der Waals surface area contributed by atoms with E-state index < -0.39 is 0 Å². The summed E-state index contributed by atoms with van der Waals surface area (Å²) in [5.41, 5.74) is 0.716. The van der Waals surface area contributed by atoms with Gasteiger partial charge >= 0.3 is 0 Å². The predicted octanol–water partition coefficient (Wildman–Crippen LogP) is 1.17. The summed E-state index contributed by atoms with van der Waals surface area (Å²) in [5.74, 6) is 1.75. The third kappa shape index (κ3) is 1.20. The van der Waals surface area contributed by atoms with Gasteiger partial charge in [-0.15, -0.1) is 0 Å². The standard InChI is InChI=1S/C11H12N2O/c14-11(8-2-1-3-12-5-8)13-6-9-4-10(9)7-13/h1-3,5,9-10H,4,6-7H2. The van der Waals surface area contributed by atoms with Crippen molar-refractivity contribution in [3.8, 4) is 0 Å². The molecular formula is C11H12N2O. The van der Waals surface area contributed by atoms with Crippen LogP contribution in [0.25, 0.3) is 0 Å². The highest BCUT2D eigenvalue weighted by Crippen LogP contribution is 2.45. The van der Waals surface area contributed by atoms with Crippen LogP contribution < -0.4 is 0 Å². The normalized spacial score (nSPS) is 28.7. The topological polar surface area (TPSA) is 33.2 Å². The number of nitrogens with zero attached hydrogens (tertiary/aromatic N) is 2. The number of amides is 1. The summed E-state index contributed by atoms with van der Waals surface area (Å²) in [6.07, 6.45) is 4.67. The van der Waals surface area contributed by atoms with Crippen LogP contribution in [0.4, 0.5) is 0 Å². The number of fused-ring (bicyclic) bond motifs is 1. The van der Waals surface area contributed by atoms with Gasteiger partial charge in [0.15, 0.2) is 0 Å². The van der Waals surface area contributed by atoms with E-state index in [1.54, 1.807) is 12.4 Å². The molecule has 2 fully saturated rings. The summed E-state index contributed by atoms with van der Waals surface area (Å²) in [5, 5.41) is 0. The van der Waals surface area contributed by atoms with Gasteiger partial charge in [0, 0.05) is 25.5 Å². The summed E-state index contributed by atoms with van der Waals surface area (Å²) in [7, 11) is 0. The number of likely N-dealkylation sites (tertiary alicyclic amines) is 1. The van der Waals surface area contributed by atoms with Crippen LogP contribution in [0.5, 0.6) is 0 Å². The Morgan fingerprint density at radius 1 is 1.43 bits per heavy atom. The molecule has 1 saturated carbocycles. The molecule has 0 aromatic carbocycles. The molecule has 0 bridgehead atoms. The highest BCUT2D eigenvalue weighted by Gasteiger charge is 2.46. The predicted molar refractivity (Wildman–Crippen MR) is 51.7 cm³/mol. The third-order valence-corrected chi connectivity index (χ3v) is 3.17. The number of piperidine rings is 1. The van der Waals surface area contributed by atoms with Crippen LogP contribution in [0.1, 0.15) is 16.8 Å². The second-order valence-corrected chi connectivity index (χ2v) is 4.21. The maximum Gasteiger partial charge on any atom is 0.255 e. The van der Waals surface area contributed by atoms with Crippen LogP contribution >= 0.6 is 0 Å². The summed E-state index contributed by atoms with van der Waals surface area (Å²) >= 11 is 0. The largest absolute Gasteiger partial charge is 0.338 e. The van der Waals surface area contributed by atoms with E-state index in [0.29, 0.717) is 5.56 Å². The smallest absolute Gasteiger partial charge is 0.255 e. The zero-order valence-electron chi connectivity index (χ0n) is 7.89. The molecule has 3 nitrogen and oxygen atoms in total. The second kappa shape index (κ2) is 2.80. The van der Waals surface area contributed by atoms with Crippen molar-refractivity contribution in [1.82, 2.24) is 9.88 Å². The van der Waals surface area contributed by atoms with E-state index in [1.165, 1.54) is 6.42 Å². The van der Waals surface area contributed by atoms with Gasteiger partial charge in [-0.05, 0) is 30.4 Å². The van der Waals surface area contributed by atoms with Crippen LogP contribution in [0.15, 0.2) is 24.5 Å². The lowest BCUT2D eigenvalue weighted by molar-refractivity contribution is 0.0775. The molecule has 2 aliphatic rings. The van der Waals surface area contributed by atoms with Gasteiger partial charge in [0.25, 0.3) is 5.91 Å². The lowest BCUT2D eigenvalue weighted by Gasteiger charge is -2.17. The van der Waals surface area contributed by atoms with E-state index in [9.17, 15) is 4.79 Å². The summed E-state index contributed by atoms with van der Waals surface area (Å²) in [6, 6.07) is 3.64. The summed E-state index contributed by atoms with van der Waals surface area (Å²) in [4.78, 5) is 17.8. The van der Waals surface area contributed by atoms with Gasteiger partial charge in [-0.1, -0.05) is 0 Å². The minimum Gasteiger partial charge on any atom is -0.338 e. The fraction of sp³-hybridized carbons (Fsp3) is 0.455. The van der Waals surface area contributed by atoms with Gasteiger partial charge in [-0.3, -0.25) is 9.78 Å². The monoisotopic (exact) mass is 188 g/mol. The van der Waals surface area contributed by atoms with Crippen molar-refractivity contribution < 1.29 is 4.79 Å². The Morgan fingerprint density at radius 3 is 2.86 bits per heavy atom. The van der Waals surface area contributed by atoms with Crippen molar-refractivity contribution >= 4 is 5.91 Å². The Labute approximate surface area is 82.8 Å². The number of carbonyl (C=O) groups is 1. The molecule has 0 spiro atoms. The van der Waals surface area contributed by atoms with Crippen LogP contribution in [0.3, 0.4) is 0 Å². The van der Waals surface area contributed by atoms with E-state index in [1.807, 2.05) is 17.0 Å². The van der Waals surface area contributed by atoms with Crippen molar-refractivity contribution in [3.63, 3.8) is 0 Å². The van der Waals surface area contributed by atoms with Crippen molar-refractivity contribution in [1.29, 1.82) is 0 Å². The molecule has 3 heteroatoms. The maximum absolute atomic E-state index is 11.9. The molecule has 2 atom stereocenters. The Morgan fingerprint density at radius 2 is 2.21 bits per heavy atom. The van der Waals surface area contributed by atoms with Crippen molar-refractivity contribution in [2.45, 2.75) is 6.42 Å². The van der Waals surface area contributed by atoms with E-state index in [0.717, 1.165) is 24.9 Å². The van der Waals surface area contributed by atoms with Gasteiger partial charge in [0.05, 0.1) is 5.56 Å². The maximum atomic E-state index is 11.9. The number of carbonyl (C=O) groups excluding carboxylic acids is 1. The molecule has 1 aliphatic carbocycles. The van der Waals surface area contributed by atoms with Crippen LogP contribution in [-0.4, -0.2) is 28.9 Å². The molecule has 2 heterocycles. The Hall–Kier alpha value is -1.38. The molecule has 3 rings (SSSR count). The minimum absolute atomic E-state index is 0.144. The van der Waals surface area contributed by atoms with Crippen LogP contribution in [0, 0.1) is 11.8 Å². The molecule has 1 amide bonds. The fourth-order valence-electron chi connectivity index (χ4n) is 2.24. The highest BCUT2D eigenvalue weighted by atomic mass is 16.2. The van der Waals surface area contributed by atoms with Gasteiger partial charge in [-0.25, -0.2) is 0 Å². The van der Waals surface area contributed by atoms with E-state index in [2.05, 4.69) is 4.98 Å². The fourth-order valence-corrected chi connectivity index (χ4v) is 2.24. The van der Waals surface area contributed by atoms with E-state index in [-0.39, 0.29) is 5.91 Å². The molecule has 0 radical (unpaired) electrons. The van der Waals surface area contributed by atoms with Gasteiger partial charge in [0.1, 0.15) is 0 Å². The third-order valence-electron chi connectivity index (χ3n) is 3.17. The molecule has 1 aromatic heterocycles. The molecular weight excluding hydrogens is 176 g/mol. The van der Waals surface area contributed by atoms with E-state index in [4.69, 9.17) is 0 Å². The zero-order valence-corrected chi connectivity index (χ0v) is 7.89. The highest BCUT2D eigenvalue weighted by molar-refractivity contribution is 5.94. The van der Waals surface area contributed by atoms with Crippen LogP contribution in [0.2, 0.25) is 0 Å². The summed E-state index contributed by atoms with van der Waals surface area (Å²) in [6.45, 7) is 1.91. The molecule has 1 saturated heterocycles. The number of hydrogen-bond donors (Lipinski definition) is 0. The van der Waals surface area contributed by atoms with Gasteiger partial charge < -0.3 is 4.90 Å². The average molecular weight is 188 g/mol. The second-order valence-electron chi connectivity index (χ2n) is 4.21. The molecule has 72 valence electrons. The van der Waals surface area contributed by atoms with Crippen molar-refractivity contribution in [3.05, 3.63) is 30.1 Å². The summed E-state index contributed by atoms with van der Waals surface area (Å²) < 4.78 is 0. The van der Waals surface area contributed by atoms with Gasteiger partial charge in [0.2, 0.25) is 0 Å². The van der Waals surface area contributed by atoms with Crippen molar-refractivity contribution in [2.75, 3.05) is 13.1 Å².